The Balaban J connectivity index is -0.0000000112. The van der Waals surface area contributed by atoms with Gasteiger partial charge in [0.2, 0.25) is 0 Å². The van der Waals surface area contributed by atoms with Crippen LogP contribution in [-0.4, -0.2) is 58.3 Å². The molecule has 0 aromatic rings. The van der Waals surface area contributed by atoms with Gasteiger partial charge in [-0.15, -0.1) is 20.2 Å². The Bertz CT molecular complexity index is 78.8. The van der Waals surface area contributed by atoms with Crippen LogP contribution in [-0.2, 0) is 0 Å². The Labute approximate surface area is 87.4 Å². The summed E-state index contributed by atoms with van der Waals surface area (Å²) in [5.74, 6) is 0. The van der Waals surface area contributed by atoms with Crippen LogP contribution in [0.5, 0.6) is 0 Å². The summed E-state index contributed by atoms with van der Waals surface area (Å²) in [7, 11) is 0. The van der Waals surface area contributed by atoms with E-state index >= 15 is 0 Å². The molecule has 0 aliphatic rings. The minimum atomic E-state index is -1.50. The first-order valence-electron chi connectivity index (χ1n) is 1.13. The summed E-state index contributed by atoms with van der Waals surface area (Å²) in [5, 5.41) is 27.3. The molecule has 10 heavy (non-hydrogen) atoms. The molecule has 5 N–H and O–H groups in total. The van der Waals surface area contributed by atoms with Crippen LogP contribution in [0.15, 0.2) is 0 Å². The number of hydrogen-bond donors (Lipinski definition) is 3. The zero-order valence-electron chi connectivity index (χ0n) is 6.84. The van der Waals surface area contributed by atoms with E-state index in [4.69, 9.17) is 30.6 Å². The largest absolute Gasteiger partial charge is 2.00 e. The van der Waals surface area contributed by atoms with E-state index in [1.165, 1.54) is 0 Å². The van der Waals surface area contributed by atoms with Gasteiger partial charge in [-0.2, -0.15) is 0 Å². The maximum Gasteiger partial charge on any atom is 2.00 e. The molecule has 0 saturated carbocycles. The molecule has 0 aliphatic heterocycles. The van der Waals surface area contributed by atoms with E-state index < -0.39 is 10.2 Å². The third kappa shape index (κ3) is 2310. The van der Waals surface area contributed by atoms with Gasteiger partial charge in [-0.3, -0.25) is 0 Å². The molecular weight excluding hydrogens is 178 g/mol. The second kappa shape index (κ2) is 15.8. The fourth-order valence-electron chi connectivity index (χ4n) is 0. The van der Waals surface area contributed by atoms with Crippen molar-refractivity contribution in [3.05, 3.63) is 20.2 Å². The van der Waals surface area contributed by atoms with Crippen molar-refractivity contribution >= 4 is 37.7 Å². The van der Waals surface area contributed by atoms with Crippen molar-refractivity contribution in [2.24, 2.45) is 0 Å². The van der Waals surface area contributed by atoms with Gasteiger partial charge in [-0.25, -0.2) is 0 Å². The summed E-state index contributed by atoms with van der Waals surface area (Å²) in [5.41, 5.74) is 0. The van der Waals surface area contributed by atoms with Crippen LogP contribution in [0.3, 0.4) is 0 Å². The van der Waals surface area contributed by atoms with Crippen LogP contribution in [0.2, 0.25) is 0 Å². The molecular formula is H7CaN3O6. The fourth-order valence-corrected chi connectivity index (χ4v) is 0. The summed E-state index contributed by atoms with van der Waals surface area (Å²) < 4.78 is 0. The zero-order chi connectivity index (χ0) is 7.15. The molecule has 9 nitrogen and oxygen atoms in total. The quantitative estimate of drug-likeness (QED) is 0.255. The second-order valence-electron chi connectivity index (χ2n) is 0.476. The maximum absolute atomic E-state index is 8.36. The van der Waals surface area contributed by atoms with Gasteiger partial charge in [0.15, 0.2) is 0 Å². The van der Waals surface area contributed by atoms with Gasteiger partial charge in [0, 0.05) is 0 Å². The molecule has 0 heterocycles. The van der Waals surface area contributed by atoms with Crippen LogP contribution in [0.1, 0.15) is 2.85 Å². The second-order valence-corrected chi connectivity index (χ2v) is 0.476. The van der Waals surface area contributed by atoms with Gasteiger partial charge in [0.1, 0.15) is 0 Å². The van der Waals surface area contributed by atoms with Crippen molar-refractivity contribution in [2.75, 3.05) is 0 Å². The first kappa shape index (κ1) is 22.6. The van der Waals surface area contributed by atoms with Crippen molar-refractivity contribution in [2.45, 2.75) is 0 Å². The van der Waals surface area contributed by atoms with Crippen molar-refractivity contribution in [1.82, 2.24) is 6.15 Å². The Hall–Kier alpha value is -0.380. The molecule has 0 saturated heterocycles. The molecule has 0 atom stereocenters. The summed E-state index contributed by atoms with van der Waals surface area (Å²) in [6, 6.07) is 0. The van der Waals surface area contributed by atoms with Gasteiger partial charge < -0.3 is 19.4 Å². The van der Waals surface area contributed by atoms with E-state index in [2.05, 4.69) is 0 Å². The van der Waals surface area contributed by atoms with E-state index in [1.54, 1.807) is 0 Å². The van der Waals surface area contributed by atoms with Gasteiger partial charge in [0.25, 0.3) is 10.2 Å². The smallest absolute Gasteiger partial charge is 1.00 e. The van der Waals surface area contributed by atoms with E-state index in [-0.39, 0.29) is 46.7 Å². The van der Waals surface area contributed by atoms with Crippen LogP contribution < -0.4 is 6.15 Å². The van der Waals surface area contributed by atoms with Crippen LogP contribution in [0, 0.1) is 20.2 Å². The standard InChI is InChI=1S/Ca.2HNO3.H3N.2H/c;2*2-1(3)4;;;/h;2*(H,2,3,4);1H3;;/q+2;;;;2*-1. The average Bonchev–Trinajstić information content (AvgIpc) is 1.25. The first-order chi connectivity index (χ1) is 3.46. The third-order valence-electron chi connectivity index (χ3n) is 0. The van der Waals surface area contributed by atoms with Gasteiger partial charge in [-0.1, -0.05) is 0 Å². The molecule has 10 heteroatoms. The number of rotatable bonds is 0. The van der Waals surface area contributed by atoms with Gasteiger partial charge in [0.05, 0.1) is 0 Å². The molecule has 0 bridgehead atoms. The molecule has 0 amide bonds. The molecule has 0 aromatic carbocycles. The predicted octanol–water partition coefficient (Wildman–Crippen LogP) is -0.689. The van der Waals surface area contributed by atoms with Crippen LogP contribution in [0.25, 0.3) is 0 Å². The van der Waals surface area contributed by atoms with Crippen molar-refractivity contribution in [1.29, 1.82) is 0 Å². The summed E-state index contributed by atoms with van der Waals surface area (Å²) in [4.78, 5) is 16.7. The molecule has 0 fully saturated rings. The van der Waals surface area contributed by atoms with Gasteiger partial charge in [-0.05, 0) is 0 Å². The molecule has 0 rings (SSSR count). The topological polar surface area (TPSA) is 162 Å². The number of hydrogen-bond acceptors (Lipinski definition) is 5. The Kier molecular flexibility index (Phi) is 35.9. The number of nitrogens with zero attached hydrogens (tertiary/aromatic N) is 2. The van der Waals surface area contributed by atoms with E-state index in [0.717, 1.165) is 0 Å². The average molecular weight is 185 g/mol. The molecule has 0 spiro atoms. The van der Waals surface area contributed by atoms with Crippen molar-refractivity contribution < 1.29 is 23.4 Å². The summed E-state index contributed by atoms with van der Waals surface area (Å²) in [6.45, 7) is 0. The minimum absolute atomic E-state index is 0. The minimum Gasteiger partial charge on any atom is -1.00 e. The maximum atomic E-state index is 8.36. The third-order valence-corrected chi connectivity index (χ3v) is 0. The molecule has 0 aromatic heterocycles. The fraction of sp³-hybridized carbons (Fsp3) is 0. The van der Waals surface area contributed by atoms with Crippen molar-refractivity contribution in [3.8, 4) is 0 Å². The zero-order valence-corrected chi connectivity index (χ0v) is 7.04. The van der Waals surface area contributed by atoms with E-state index in [1.807, 2.05) is 0 Å². The molecule has 0 radical (unpaired) electrons. The molecule has 60 valence electrons. The normalized spacial score (nSPS) is 4.80. The monoisotopic (exact) mass is 185 g/mol. The van der Waals surface area contributed by atoms with Crippen molar-refractivity contribution in [3.63, 3.8) is 0 Å². The van der Waals surface area contributed by atoms with Gasteiger partial charge >= 0.3 is 37.7 Å². The SMILES string of the molecule is N.O=[N+]([O-])O.O=[N+]([O-])O.[Ca+2].[H-].[H-]. The first-order valence-corrected chi connectivity index (χ1v) is 1.13. The summed E-state index contributed by atoms with van der Waals surface area (Å²) in [6.07, 6.45) is 0. The molecule has 0 unspecified atom stereocenters. The Morgan fingerprint density at radius 3 is 1.10 bits per heavy atom. The molecule has 0 aliphatic carbocycles. The predicted molar refractivity (Wildman–Crippen MR) is 30.6 cm³/mol. The van der Waals surface area contributed by atoms with E-state index in [9.17, 15) is 0 Å². The van der Waals surface area contributed by atoms with E-state index in [0.29, 0.717) is 0 Å². The van der Waals surface area contributed by atoms with Crippen LogP contribution >= 0.6 is 0 Å². The Morgan fingerprint density at radius 1 is 1.10 bits per heavy atom. The van der Waals surface area contributed by atoms with Crippen LogP contribution in [0.4, 0.5) is 0 Å². The summed E-state index contributed by atoms with van der Waals surface area (Å²) >= 11 is 0. The Morgan fingerprint density at radius 2 is 1.10 bits per heavy atom.